The van der Waals surface area contributed by atoms with E-state index in [1.54, 1.807) is 18.2 Å². The maximum Gasteiger partial charge on any atom is 0.251 e. The second-order valence-electron chi connectivity index (χ2n) is 4.93. The van der Waals surface area contributed by atoms with Crippen LogP contribution < -0.4 is 22.1 Å². The van der Waals surface area contributed by atoms with E-state index in [2.05, 4.69) is 10.6 Å². The molecule has 1 rings (SSSR count). The van der Waals surface area contributed by atoms with Gasteiger partial charge in [0.15, 0.2) is 0 Å². The summed E-state index contributed by atoms with van der Waals surface area (Å²) in [6, 6.07) is 4.40. The SMILES string of the molecule is CCNC(=O)c1ccc(NC(C(N)=O)C(C)C)c(N)c1. The lowest BCUT2D eigenvalue weighted by molar-refractivity contribution is -0.119. The highest BCUT2D eigenvalue weighted by Crippen LogP contribution is 2.22. The van der Waals surface area contributed by atoms with Crippen molar-refractivity contribution in [1.82, 2.24) is 5.32 Å². The molecule has 110 valence electrons. The van der Waals surface area contributed by atoms with Crippen molar-refractivity contribution in [1.29, 1.82) is 0 Å². The summed E-state index contributed by atoms with van der Waals surface area (Å²) in [5, 5.41) is 5.71. The third kappa shape index (κ3) is 3.88. The number of primary amides is 1. The molecule has 0 spiro atoms. The summed E-state index contributed by atoms with van der Waals surface area (Å²) in [6.45, 7) is 6.18. The van der Waals surface area contributed by atoms with Gasteiger partial charge in [-0.3, -0.25) is 9.59 Å². The van der Waals surface area contributed by atoms with Crippen LogP contribution in [0.25, 0.3) is 0 Å². The van der Waals surface area contributed by atoms with Crippen LogP contribution in [0.4, 0.5) is 11.4 Å². The summed E-state index contributed by atoms with van der Waals surface area (Å²) in [5.74, 6) is -0.580. The number of nitrogen functional groups attached to an aromatic ring is 1. The van der Waals surface area contributed by atoms with E-state index in [1.807, 2.05) is 20.8 Å². The van der Waals surface area contributed by atoms with E-state index < -0.39 is 11.9 Å². The molecule has 1 aromatic carbocycles. The monoisotopic (exact) mass is 278 g/mol. The fourth-order valence-electron chi connectivity index (χ4n) is 1.83. The van der Waals surface area contributed by atoms with Crippen LogP contribution in [0.1, 0.15) is 31.1 Å². The minimum absolute atomic E-state index is 0.0370. The Kier molecular flexibility index (Phi) is 5.37. The van der Waals surface area contributed by atoms with E-state index in [1.165, 1.54) is 0 Å². The molecule has 0 fully saturated rings. The predicted octanol–water partition coefficient (Wildman–Crippen LogP) is 0.940. The lowest BCUT2D eigenvalue weighted by Gasteiger charge is -2.21. The molecule has 0 aliphatic heterocycles. The summed E-state index contributed by atoms with van der Waals surface area (Å²) >= 11 is 0. The second-order valence-corrected chi connectivity index (χ2v) is 4.93. The number of benzene rings is 1. The lowest BCUT2D eigenvalue weighted by Crippen LogP contribution is -2.39. The van der Waals surface area contributed by atoms with Crippen LogP contribution in [-0.2, 0) is 4.79 Å². The Morgan fingerprint density at radius 3 is 2.40 bits per heavy atom. The van der Waals surface area contributed by atoms with Crippen LogP contribution in [0, 0.1) is 5.92 Å². The van der Waals surface area contributed by atoms with Gasteiger partial charge in [-0.05, 0) is 31.0 Å². The van der Waals surface area contributed by atoms with Gasteiger partial charge in [-0.2, -0.15) is 0 Å². The maximum absolute atomic E-state index is 11.7. The largest absolute Gasteiger partial charge is 0.397 e. The summed E-state index contributed by atoms with van der Waals surface area (Å²) in [6.07, 6.45) is 0. The summed E-state index contributed by atoms with van der Waals surface area (Å²) in [7, 11) is 0. The van der Waals surface area contributed by atoms with Gasteiger partial charge in [0.25, 0.3) is 5.91 Å². The molecule has 0 heterocycles. The average molecular weight is 278 g/mol. The molecule has 6 nitrogen and oxygen atoms in total. The van der Waals surface area contributed by atoms with E-state index in [-0.39, 0.29) is 11.8 Å². The van der Waals surface area contributed by atoms with Crippen molar-refractivity contribution in [2.24, 2.45) is 11.7 Å². The number of hydrogen-bond acceptors (Lipinski definition) is 4. The van der Waals surface area contributed by atoms with Gasteiger partial charge in [0.1, 0.15) is 6.04 Å². The highest BCUT2D eigenvalue weighted by molar-refractivity contribution is 5.96. The average Bonchev–Trinajstić information content (AvgIpc) is 2.36. The highest BCUT2D eigenvalue weighted by Gasteiger charge is 2.20. The summed E-state index contributed by atoms with van der Waals surface area (Å²) in [4.78, 5) is 23.1. The maximum atomic E-state index is 11.7. The first kappa shape index (κ1) is 15.8. The van der Waals surface area contributed by atoms with Gasteiger partial charge in [0, 0.05) is 12.1 Å². The van der Waals surface area contributed by atoms with Crippen molar-refractivity contribution in [2.75, 3.05) is 17.6 Å². The Labute approximate surface area is 118 Å². The molecular formula is C14H22N4O2. The quantitative estimate of drug-likeness (QED) is 0.580. The van der Waals surface area contributed by atoms with E-state index >= 15 is 0 Å². The highest BCUT2D eigenvalue weighted by atomic mass is 16.2. The third-order valence-electron chi connectivity index (χ3n) is 2.94. The number of nitrogens with one attached hydrogen (secondary N) is 2. The first-order valence-electron chi connectivity index (χ1n) is 6.60. The molecule has 0 aliphatic rings. The Morgan fingerprint density at radius 2 is 1.95 bits per heavy atom. The molecule has 1 atom stereocenters. The van der Waals surface area contributed by atoms with Crippen LogP contribution in [-0.4, -0.2) is 24.4 Å². The van der Waals surface area contributed by atoms with Gasteiger partial charge < -0.3 is 22.1 Å². The number of carbonyl (C=O) groups is 2. The smallest absolute Gasteiger partial charge is 0.251 e. The first-order chi connectivity index (χ1) is 9.36. The number of rotatable bonds is 6. The standard InChI is InChI=1S/C14H22N4O2/c1-4-17-14(20)9-5-6-11(10(15)7-9)18-12(8(2)3)13(16)19/h5-8,12,18H,4,15H2,1-3H3,(H2,16,19)(H,17,20). The molecule has 6 N–H and O–H groups in total. The Hall–Kier alpha value is -2.24. The van der Waals surface area contributed by atoms with Gasteiger partial charge >= 0.3 is 0 Å². The van der Waals surface area contributed by atoms with Gasteiger partial charge in [0.05, 0.1) is 11.4 Å². The van der Waals surface area contributed by atoms with Crippen molar-refractivity contribution in [3.8, 4) is 0 Å². The van der Waals surface area contributed by atoms with Crippen LogP contribution in [0.3, 0.4) is 0 Å². The molecule has 0 radical (unpaired) electrons. The fourth-order valence-corrected chi connectivity index (χ4v) is 1.83. The zero-order chi connectivity index (χ0) is 15.3. The molecule has 0 saturated carbocycles. The van der Waals surface area contributed by atoms with Gasteiger partial charge in [-0.25, -0.2) is 0 Å². The van der Waals surface area contributed by atoms with Gasteiger partial charge in [-0.1, -0.05) is 13.8 Å². The molecule has 0 bridgehead atoms. The lowest BCUT2D eigenvalue weighted by atomic mass is 10.0. The molecule has 0 aromatic heterocycles. The number of nitrogens with two attached hydrogens (primary N) is 2. The molecule has 0 saturated heterocycles. The number of carbonyl (C=O) groups excluding carboxylic acids is 2. The third-order valence-corrected chi connectivity index (χ3v) is 2.94. The molecule has 1 aromatic rings. The Balaban J connectivity index is 2.93. The fraction of sp³-hybridized carbons (Fsp3) is 0.429. The van der Waals surface area contributed by atoms with Crippen LogP contribution >= 0.6 is 0 Å². The molecule has 20 heavy (non-hydrogen) atoms. The van der Waals surface area contributed by atoms with E-state index in [0.717, 1.165) is 0 Å². The number of anilines is 2. The van der Waals surface area contributed by atoms with Gasteiger partial charge in [0.2, 0.25) is 5.91 Å². The van der Waals surface area contributed by atoms with Crippen molar-refractivity contribution in [3.63, 3.8) is 0 Å². The minimum atomic E-state index is -0.507. The van der Waals surface area contributed by atoms with Crippen LogP contribution in [0.5, 0.6) is 0 Å². The zero-order valence-electron chi connectivity index (χ0n) is 12.1. The van der Waals surface area contributed by atoms with Crippen LogP contribution in [0.2, 0.25) is 0 Å². The Bertz CT molecular complexity index is 500. The van der Waals surface area contributed by atoms with Crippen molar-refractivity contribution >= 4 is 23.2 Å². The molecule has 1 unspecified atom stereocenters. The first-order valence-corrected chi connectivity index (χ1v) is 6.60. The molecular weight excluding hydrogens is 256 g/mol. The van der Waals surface area contributed by atoms with Crippen molar-refractivity contribution in [3.05, 3.63) is 23.8 Å². The normalized spacial score (nSPS) is 12.0. The topological polar surface area (TPSA) is 110 Å². The second kappa shape index (κ2) is 6.79. The Morgan fingerprint density at radius 1 is 1.30 bits per heavy atom. The van der Waals surface area contributed by atoms with E-state index in [0.29, 0.717) is 23.5 Å². The predicted molar refractivity (Wildman–Crippen MR) is 80.3 cm³/mol. The molecule has 0 aliphatic carbocycles. The number of hydrogen-bond donors (Lipinski definition) is 4. The van der Waals surface area contributed by atoms with Crippen molar-refractivity contribution in [2.45, 2.75) is 26.8 Å². The van der Waals surface area contributed by atoms with E-state index in [9.17, 15) is 9.59 Å². The van der Waals surface area contributed by atoms with Gasteiger partial charge in [-0.15, -0.1) is 0 Å². The summed E-state index contributed by atoms with van der Waals surface area (Å²) in [5.41, 5.74) is 12.7. The summed E-state index contributed by atoms with van der Waals surface area (Å²) < 4.78 is 0. The minimum Gasteiger partial charge on any atom is -0.397 e. The van der Waals surface area contributed by atoms with E-state index in [4.69, 9.17) is 11.5 Å². The zero-order valence-corrected chi connectivity index (χ0v) is 12.1. The van der Waals surface area contributed by atoms with Crippen LogP contribution in [0.15, 0.2) is 18.2 Å². The molecule has 6 heteroatoms. The number of amides is 2. The van der Waals surface area contributed by atoms with Crippen molar-refractivity contribution < 1.29 is 9.59 Å². The molecule has 2 amide bonds.